The number of ether oxygens (including phenoxy) is 2. The number of aromatic nitrogens is 1. The van der Waals surface area contributed by atoms with Crippen LogP contribution in [0.25, 0.3) is 0 Å². The van der Waals surface area contributed by atoms with Crippen molar-refractivity contribution in [2.24, 2.45) is 5.92 Å². The van der Waals surface area contributed by atoms with Crippen molar-refractivity contribution in [3.8, 4) is 11.5 Å². The Labute approximate surface area is 193 Å². The average molecular weight is 448 g/mol. The molecule has 2 aliphatic rings. The molecule has 0 saturated heterocycles. The molecule has 0 unspecified atom stereocenters. The number of pyridine rings is 1. The Morgan fingerprint density at radius 3 is 2.52 bits per heavy atom. The molecule has 1 aliphatic heterocycles. The molecular formula is C26H29N3O4. The molecule has 4 rings (SSSR count). The first-order chi connectivity index (χ1) is 15.8. The van der Waals surface area contributed by atoms with E-state index in [1.54, 1.807) is 32.5 Å². The molecule has 2 aromatic rings. The number of hydrogen-bond acceptors (Lipinski definition) is 6. The molecule has 33 heavy (non-hydrogen) atoms. The number of dihydropyridines is 1. The summed E-state index contributed by atoms with van der Waals surface area (Å²) in [6.45, 7) is 5.88. The zero-order valence-corrected chi connectivity index (χ0v) is 19.6. The molecule has 172 valence electrons. The van der Waals surface area contributed by atoms with Gasteiger partial charge in [-0.15, -0.1) is 0 Å². The van der Waals surface area contributed by atoms with Crippen molar-refractivity contribution in [1.29, 1.82) is 0 Å². The highest BCUT2D eigenvalue weighted by Crippen LogP contribution is 2.45. The van der Waals surface area contributed by atoms with Crippen LogP contribution in [0.5, 0.6) is 11.5 Å². The molecule has 1 aromatic heterocycles. The van der Waals surface area contributed by atoms with Crippen molar-refractivity contribution in [2.45, 2.75) is 39.5 Å². The monoisotopic (exact) mass is 447 g/mol. The lowest BCUT2D eigenvalue weighted by molar-refractivity contribution is -0.117. The molecule has 1 aromatic carbocycles. The number of nitrogens with one attached hydrogen (secondary N) is 2. The highest BCUT2D eigenvalue weighted by Gasteiger charge is 2.40. The van der Waals surface area contributed by atoms with Crippen LogP contribution >= 0.6 is 0 Å². The maximum atomic E-state index is 13.5. The van der Waals surface area contributed by atoms with Gasteiger partial charge in [-0.05, 0) is 55.5 Å². The minimum Gasteiger partial charge on any atom is -0.493 e. The number of carbonyl (C=O) groups excluding carboxylic acids is 2. The van der Waals surface area contributed by atoms with E-state index >= 15 is 0 Å². The van der Waals surface area contributed by atoms with Crippen molar-refractivity contribution >= 4 is 17.5 Å². The van der Waals surface area contributed by atoms with Crippen LogP contribution in [-0.4, -0.2) is 30.9 Å². The number of nitrogens with zero attached hydrogens (tertiary/aromatic N) is 1. The lowest BCUT2D eigenvalue weighted by Gasteiger charge is -2.36. The van der Waals surface area contributed by atoms with Crippen LogP contribution in [0.3, 0.4) is 0 Å². The number of rotatable bonds is 5. The molecule has 1 amide bonds. The van der Waals surface area contributed by atoms with Gasteiger partial charge in [0, 0.05) is 41.1 Å². The Hall–Kier alpha value is -3.61. The van der Waals surface area contributed by atoms with Crippen LogP contribution in [-0.2, 0) is 9.59 Å². The molecule has 0 radical (unpaired) electrons. The summed E-state index contributed by atoms with van der Waals surface area (Å²) in [7, 11) is 3.15. The van der Waals surface area contributed by atoms with Crippen molar-refractivity contribution in [3.63, 3.8) is 0 Å². The van der Waals surface area contributed by atoms with E-state index in [4.69, 9.17) is 9.47 Å². The zero-order chi connectivity index (χ0) is 23.7. The number of anilines is 1. The molecular weight excluding hydrogens is 418 g/mol. The van der Waals surface area contributed by atoms with Crippen LogP contribution in [0.4, 0.5) is 5.82 Å². The van der Waals surface area contributed by atoms with Gasteiger partial charge in [-0.1, -0.05) is 19.1 Å². The fourth-order valence-corrected chi connectivity index (χ4v) is 4.63. The summed E-state index contributed by atoms with van der Waals surface area (Å²) < 4.78 is 10.9. The Morgan fingerprint density at radius 1 is 1.09 bits per heavy atom. The van der Waals surface area contributed by atoms with Gasteiger partial charge in [0.15, 0.2) is 17.3 Å². The molecule has 1 aliphatic carbocycles. The van der Waals surface area contributed by atoms with Crippen molar-refractivity contribution in [2.75, 3.05) is 19.5 Å². The van der Waals surface area contributed by atoms with E-state index in [0.717, 1.165) is 28.9 Å². The van der Waals surface area contributed by atoms with Crippen LogP contribution < -0.4 is 20.1 Å². The number of aryl methyl sites for hydroxylation is 1. The predicted molar refractivity (Wildman–Crippen MR) is 126 cm³/mol. The second-order valence-corrected chi connectivity index (χ2v) is 8.71. The largest absolute Gasteiger partial charge is 0.493 e. The fourth-order valence-electron chi connectivity index (χ4n) is 4.63. The Bertz CT molecular complexity index is 1160. The van der Waals surface area contributed by atoms with Gasteiger partial charge in [-0.2, -0.15) is 0 Å². The lowest BCUT2D eigenvalue weighted by Crippen LogP contribution is -2.37. The maximum absolute atomic E-state index is 13.5. The summed E-state index contributed by atoms with van der Waals surface area (Å²) in [5, 5.41) is 6.26. The fraction of sp³-hybridized carbons (Fsp3) is 0.346. The van der Waals surface area contributed by atoms with Gasteiger partial charge in [-0.3, -0.25) is 9.59 Å². The standard InChI is InChI=1S/C26H29N3O4/c1-14-6-9-22(27-13-14)29-26(31)23-16(3)28-18-10-15(2)11-19(30)25(18)24(23)17-7-8-20(32-4)21(12-17)33-5/h6-9,12-13,15,24,28H,10-11H2,1-5H3,(H,27,29,31)/t15-,24-/m1/s1. The Kier molecular flexibility index (Phi) is 6.22. The first-order valence-corrected chi connectivity index (χ1v) is 11.0. The van der Waals surface area contributed by atoms with E-state index in [9.17, 15) is 9.59 Å². The highest BCUT2D eigenvalue weighted by molar-refractivity contribution is 6.09. The average Bonchev–Trinajstić information content (AvgIpc) is 2.78. The van der Waals surface area contributed by atoms with E-state index in [1.807, 2.05) is 32.0 Å². The number of carbonyl (C=O) groups is 2. The minimum atomic E-state index is -0.522. The summed E-state index contributed by atoms with van der Waals surface area (Å²) in [6.07, 6.45) is 2.92. The van der Waals surface area contributed by atoms with E-state index in [0.29, 0.717) is 34.9 Å². The number of Topliss-reactive ketones (excluding diaryl/α,β-unsaturated/α-hetero) is 1. The minimum absolute atomic E-state index is 0.0577. The Balaban J connectivity index is 1.82. The number of methoxy groups -OCH3 is 2. The van der Waals surface area contributed by atoms with E-state index in [-0.39, 0.29) is 17.6 Å². The van der Waals surface area contributed by atoms with Crippen LogP contribution in [0.2, 0.25) is 0 Å². The third-order valence-corrected chi connectivity index (χ3v) is 6.17. The van der Waals surface area contributed by atoms with Gasteiger partial charge < -0.3 is 20.1 Å². The third-order valence-electron chi connectivity index (χ3n) is 6.17. The van der Waals surface area contributed by atoms with E-state index < -0.39 is 5.92 Å². The number of amides is 1. The molecule has 0 saturated carbocycles. The second-order valence-electron chi connectivity index (χ2n) is 8.71. The van der Waals surface area contributed by atoms with Gasteiger partial charge in [0.2, 0.25) is 0 Å². The number of allylic oxidation sites excluding steroid dienone is 3. The van der Waals surface area contributed by atoms with Crippen LogP contribution in [0.15, 0.2) is 59.1 Å². The van der Waals surface area contributed by atoms with E-state index in [1.165, 1.54) is 0 Å². The van der Waals surface area contributed by atoms with Crippen molar-refractivity contribution in [3.05, 3.63) is 70.2 Å². The van der Waals surface area contributed by atoms with Crippen molar-refractivity contribution < 1.29 is 19.1 Å². The normalized spacial score (nSPS) is 20.2. The van der Waals surface area contributed by atoms with Gasteiger partial charge in [0.1, 0.15) is 5.82 Å². The predicted octanol–water partition coefficient (Wildman–Crippen LogP) is 4.26. The second kappa shape index (κ2) is 9.10. The highest BCUT2D eigenvalue weighted by atomic mass is 16.5. The van der Waals surface area contributed by atoms with Gasteiger partial charge in [0.05, 0.1) is 14.2 Å². The molecule has 2 N–H and O–H groups in total. The quantitative estimate of drug-likeness (QED) is 0.712. The van der Waals surface area contributed by atoms with Crippen LogP contribution in [0, 0.1) is 12.8 Å². The van der Waals surface area contributed by atoms with Gasteiger partial charge in [-0.25, -0.2) is 4.98 Å². The van der Waals surface area contributed by atoms with Crippen LogP contribution in [0.1, 0.15) is 43.7 Å². The molecule has 7 nitrogen and oxygen atoms in total. The van der Waals surface area contributed by atoms with Crippen molar-refractivity contribution in [1.82, 2.24) is 10.3 Å². The first kappa shape index (κ1) is 22.6. The van der Waals surface area contributed by atoms with Gasteiger partial charge in [0.25, 0.3) is 5.91 Å². The number of benzene rings is 1. The maximum Gasteiger partial charge on any atom is 0.255 e. The van der Waals surface area contributed by atoms with E-state index in [2.05, 4.69) is 22.5 Å². The SMILES string of the molecule is COc1ccc([C@@H]2C(C(=O)Nc3ccc(C)cn3)=C(C)NC3=C2C(=O)C[C@H](C)C3)cc1OC. The smallest absolute Gasteiger partial charge is 0.255 e. The Morgan fingerprint density at radius 2 is 1.85 bits per heavy atom. The molecule has 2 heterocycles. The zero-order valence-electron chi connectivity index (χ0n) is 19.6. The summed E-state index contributed by atoms with van der Waals surface area (Å²) in [6, 6.07) is 9.19. The summed E-state index contributed by atoms with van der Waals surface area (Å²) >= 11 is 0. The summed E-state index contributed by atoms with van der Waals surface area (Å²) in [5.74, 6) is 1.08. The topological polar surface area (TPSA) is 89.5 Å². The first-order valence-electron chi connectivity index (χ1n) is 11.0. The molecule has 7 heteroatoms. The lowest BCUT2D eigenvalue weighted by atomic mass is 9.73. The molecule has 0 spiro atoms. The summed E-state index contributed by atoms with van der Waals surface area (Å²) in [5.41, 5.74) is 4.55. The molecule has 0 fully saturated rings. The molecule has 0 bridgehead atoms. The third kappa shape index (κ3) is 4.35. The number of hydrogen-bond donors (Lipinski definition) is 2. The molecule has 2 atom stereocenters. The summed E-state index contributed by atoms with van der Waals surface area (Å²) in [4.78, 5) is 31.1. The van der Waals surface area contributed by atoms with Gasteiger partial charge >= 0.3 is 0 Å². The number of ketones is 1.